The van der Waals surface area contributed by atoms with Crippen LogP contribution in [0.2, 0.25) is 0 Å². The molecule has 0 aromatic heterocycles. The van der Waals surface area contributed by atoms with Crippen molar-refractivity contribution in [2.45, 2.75) is 31.0 Å². The first kappa shape index (κ1) is 25.2. The third-order valence-corrected chi connectivity index (χ3v) is 5.29. The van der Waals surface area contributed by atoms with Crippen molar-refractivity contribution in [1.29, 1.82) is 0 Å². The molecule has 0 aliphatic rings. The molecule has 0 aliphatic heterocycles. The number of alkyl halides is 3. The smallest absolute Gasteiger partial charge is 0.402 e. The third-order valence-electron chi connectivity index (χ3n) is 3.87. The molecule has 0 unspecified atom stereocenters. The lowest BCUT2D eigenvalue weighted by Crippen LogP contribution is -2.33. The van der Waals surface area contributed by atoms with Gasteiger partial charge in [-0.2, -0.15) is 13.2 Å². The minimum Gasteiger partial charge on any atom is -0.493 e. The van der Waals surface area contributed by atoms with Gasteiger partial charge in [0.05, 0.1) is 18.1 Å². The molecule has 0 aliphatic carbocycles. The maximum absolute atomic E-state index is 12.2. The quantitative estimate of drug-likeness (QED) is 0.539. The highest BCUT2D eigenvalue weighted by Gasteiger charge is 2.30. The summed E-state index contributed by atoms with van der Waals surface area (Å²) in [5.41, 5.74) is 0.956. The van der Waals surface area contributed by atoms with E-state index in [4.69, 9.17) is 9.47 Å². The van der Waals surface area contributed by atoms with E-state index in [1.165, 1.54) is 30.0 Å². The van der Waals surface area contributed by atoms with Crippen LogP contribution in [0.1, 0.15) is 19.4 Å². The van der Waals surface area contributed by atoms with Crippen molar-refractivity contribution in [3.05, 3.63) is 54.1 Å². The molecule has 32 heavy (non-hydrogen) atoms. The number of hydrogen-bond acceptors (Lipinski definition) is 5. The van der Waals surface area contributed by atoms with E-state index in [2.05, 4.69) is 5.32 Å². The van der Waals surface area contributed by atoms with E-state index in [1.807, 2.05) is 13.8 Å². The topological polar surface area (TPSA) is 93.7 Å². The van der Waals surface area contributed by atoms with Crippen molar-refractivity contribution in [2.24, 2.45) is 0 Å². The van der Waals surface area contributed by atoms with E-state index < -0.39 is 28.7 Å². The van der Waals surface area contributed by atoms with Crippen LogP contribution in [0.3, 0.4) is 0 Å². The van der Waals surface area contributed by atoms with Gasteiger partial charge < -0.3 is 14.8 Å². The Kier molecular flexibility index (Phi) is 8.28. The van der Waals surface area contributed by atoms with E-state index >= 15 is 0 Å². The average Bonchev–Trinajstić information content (AvgIpc) is 2.71. The Morgan fingerprint density at radius 2 is 1.75 bits per heavy atom. The summed E-state index contributed by atoms with van der Waals surface area (Å²) >= 11 is 0. The maximum Gasteiger partial charge on any atom is 0.402 e. The number of amides is 1. The van der Waals surface area contributed by atoms with Crippen LogP contribution < -0.4 is 19.5 Å². The van der Waals surface area contributed by atoms with Crippen LogP contribution >= 0.6 is 0 Å². The van der Waals surface area contributed by atoms with Gasteiger partial charge in [-0.3, -0.25) is 4.79 Å². The van der Waals surface area contributed by atoms with Gasteiger partial charge >= 0.3 is 6.18 Å². The van der Waals surface area contributed by atoms with Crippen molar-refractivity contribution >= 4 is 27.7 Å². The van der Waals surface area contributed by atoms with Crippen LogP contribution in [-0.2, 0) is 14.8 Å². The van der Waals surface area contributed by atoms with Crippen LogP contribution in [0.15, 0.2) is 53.4 Å². The number of anilines is 1. The van der Waals surface area contributed by atoms with Gasteiger partial charge in [-0.1, -0.05) is 6.07 Å². The average molecular weight is 472 g/mol. The number of nitrogens with one attached hydrogen (secondary N) is 2. The minimum absolute atomic E-state index is 0.0298. The lowest BCUT2D eigenvalue weighted by Gasteiger charge is -2.13. The number of benzene rings is 2. The zero-order valence-electron chi connectivity index (χ0n) is 17.6. The molecule has 2 aromatic rings. The number of methoxy groups -OCH3 is 1. The molecule has 7 nitrogen and oxygen atoms in total. The van der Waals surface area contributed by atoms with E-state index in [1.54, 1.807) is 24.3 Å². The number of rotatable bonds is 9. The molecule has 0 atom stereocenters. The van der Waals surface area contributed by atoms with Crippen LogP contribution in [0.25, 0.3) is 6.08 Å². The van der Waals surface area contributed by atoms with Gasteiger partial charge in [-0.15, -0.1) is 0 Å². The SMILES string of the molecule is COc1cc(/C=C/C(=O)Nc2ccc(S(=O)(=O)NCC(F)(F)F)cc2)ccc1OC(C)C. The van der Waals surface area contributed by atoms with Crippen LogP contribution in [0.4, 0.5) is 18.9 Å². The summed E-state index contributed by atoms with van der Waals surface area (Å²) in [6.45, 7) is 2.10. The molecule has 0 saturated heterocycles. The first-order chi connectivity index (χ1) is 14.9. The molecule has 11 heteroatoms. The minimum atomic E-state index is -4.67. The van der Waals surface area contributed by atoms with Crippen molar-refractivity contribution in [3.8, 4) is 11.5 Å². The molecule has 0 fully saturated rings. The molecule has 0 bridgehead atoms. The highest BCUT2D eigenvalue weighted by molar-refractivity contribution is 7.89. The van der Waals surface area contributed by atoms with E-state index in [0.717, 1.165) is 12.1 Å². The van der Waals surface area contributed by atoms with Crippen molar-refractivity contribution in [1.82, 2.24) is 4.72 Å². The molecule has 0 saturated carbocycles. The van der Waals surface area contributed by atoms with E-state index in [9.17, 15) is 26.4 Å². The summed E-state index contributed by atoms with van der Waals surface area (Å²) in [5, 5.41) is 2.54. The number of sulfonamides is 1. The molecule has 0 spiro atoms. The lowest BCUT2D eigenvalue weighted by atomic mass is 10.2. The Bertz CT molecular complexity index is 1070. The summed E-state index contributed by atoms with van der Waals surface area (Å²) in [6, 6.07) is 9.91. The second kappa shape index (κ2) is 10.5. The predicted molar refractivity (Wildman–Crippen MR) is 114 cm³/mol. The fourth-order valence-electron chi connectivity index (χ4n) is 2.47. The van der Waals surface area contributed by atoms with Gasteiger partial charge in [0.15, 0.2) is 11.5 Å². The van der Waals surface area contributed by atoms with E-state index in [0.29, 0.717) is 17.1 Å². The standard InChI is InChI=1S/C21H23F3N2O5S/c1-14(2)31-18-10-4-15(12-19(18)30-3)5-11-20(27)26-16-6-8-17(9-7-16)32(28,29)25-13-21(22,23)24/h4-12,14,25H,13H2,1-3H3,(H,26,27)/b11-5+. The number of halogens is 3. The molecular weight excluding hydrogens is 449 g/mol. The van der Waals surface area contributed by atoms with Crippen LogP contribution in [0.5, 0.6) is 11.5 Å². The number of carbonyl (C=O) groups excluding carboxylic acids is 1. The number of ether oxygens (including phenoxy) is 2. The lowest BCUT2D eigenvalue weighted by molar-refractivity contribution is -0.121. The molecule has 2 N–H and O–H groups in total. The van der Waals surface area contributed by atoms with Gasteiger partial charge in [0.1, 0.15) is 6.54 Å². The zero-order valence-corrected chi connectivity index (χ0v) is 18.4. The highest BCUT2D eigenvalue weighted by atomic mass is 32.2. The molecule has 2 rings (SSSR count). The van der Waals surface area contributed by atoms with Gasteiger partial charge in [0, 0.05) is 11.8 Å². The van der Waals surface area contributed by atoms with E-state index in [-0.39, 0.29) is 16.7 Å². The maximum atomic E-state index is 12.2. The predicted octanol–water partition coefficient (Wildman–Crippen LogP) is 3.97. The fourth-order valence-corrected chi connectivity index (χ4v) is 3.49. The number of carbonyl (C=O) groups is 1. The first-order valence-corrected chi connectivity index (χ1v) is 10.9. The largest absolute Gasteiger partial charge is 0.493 e. The van der Waals surface area contributed by atoms with Gasteiger partial charge in [0.25, 0.3) is 0 Å². The Morgan fingerprint density at radius 1 is 1.09 bits per heavy atom. The Balaban J connectivity index is 2.02. The summed E-state index contributed by atoms with van der Waals surface area (Å²) in [5.74, 6) is 0.596. The Hall–Kier alpha value is -3.05. The van der Waals surface area contributed by atoms with Crippen molar-refractivity contribution < 1.29 is 35.9 Å². The highest BCUT2D eigenvalue weighted by Crippen LogP contribution is 2.29. The molecule has 174 valence electrons. The summed E-state index contributed by atoms with van der Waals surface area (Å²) in [6.07, 6.45) is -1.87. The molecule has 0 heterocycles. The second-order valence-corrected chi connectivity index (χ2v) is 8.63. The zero-order chi connectivity index (χ0) is 23.9. The van der Waals surface area contributed by atoms with Crippen molar-refractivity contribution in [2.75, 3.05) is 19.0 Å². The fraction of sp³-hybridized carbons (Fsp3) is 0.286. The monoisotopic (exact) mass is 472 g/mol. The summed E-state index contributed by atoms with van der Waals surface area (Å²) < 4.78 is 72.8. The molecule has 0 radical (unpaired) electrons. The van der Waals surface area contributed by atoms with Crippen LogP contribution in [0, 0.1) is 0 Å². The third kappa shape index (κ3) is 7.89. The molecular formula is C21H23F3N2O5S. The summed E-state index contributed by atoms with van der Waals surface area (Å²) in [7, 11) is -2.82. The number of hydrogen-bond donors (Lipinski definition) is 2. The first-order valence-electron chi connectivity index (χ1n) is 9.40. The van der Waals surface area contributed by atoms with Gasteiger partial charge in [-0.05, 0) is 61.9 Å². The van der Waals surface area contributed by atoms with Gasteiger partial charge in [0.2, 0.25) is 15.9 Å². The van der Waals surface area contributed by atoms with Crippen molar-refractivity contribution in [3.63, 3.8) is 0 Å². The second-order valence-electron chi connectivity index (χ2n) is 6.86. The summed E-state index contributed by atoms with van der Waals surface area (Å²) in [4.78, 5) is 11.8. The Labute approximate surface area is 184 Å². The normalized spacial score (nSPS) is 12.2. The molecule has 1 amide bonds. The Morgan fingerprint density at radius 3 is 2.31 bits per heavy atom. The van der Waals surface area contributed by atoms with Gasteiger partial charge in [-0.25, -0.2) is 13.1 Å². The molecule has 2 aromatic carbocycles. The van der Waals surface area contributed by atoms with Crippen LogP contribution in [-0.4, -0.2) is 40.3 Å².